The fourth-order valence-electron chi connectivity index (χ4n) is 4.23. The summed E-state index contributed by atoms with van der Waals surface area (Å²) < 4.78 is 17.5. The Balaban J connectivity index is 1.32. The minimum atomic E-state index is -0.246. The van der Waals surface area contributed by atoms with E-state index in [1.165, 1.54) is 17.8 Å². The second kappa shape index (κ2) is 8.86. The Kier molecular flexibility index (Phi) is 5.76. The third-order valence-electron chi connectivity index (χ3n) is 5.94. The lowest BCUT2D eigenvalue weighted by Crippen LogP contribution is -2.49. The van der Waals surface area contributed by atoms with Crippen molar-refractivity contribution in [1.29, 1.82) is 0 Å². The molecule has 0 spiro atoms. The lowest BCUT2D eigenvalue weighted by atomic mass is 10.2. The molecule has 10 heteroatoms. The highest BCUT2D eigenvalue weighted by Gasteiger charge is 2.24. The fourth-order valence-corrected chi connectivity index (χ4v) is 5.08. The van der Waals surface area contributed by atoms with E-state index in [0.717, 1.165) is 5.52 Å². The Hall–Kier alpha value is -3.40. The molecular formula is C23H23FN6O2S. The molecule has 0 saturated carbocycles. The molecular weight excluding hydrogens is 443 g/mol. The second-order valence-corrected chi connectivity index (χ2v) is 8.73. The summed E-state index contributed by atoms with van der Waals surface area (Å²) >= 11 is 1.31. The summed E-state index contributed by atoms with van der Waals surface area (Å²) in [5.41, 5.74) is 1.19. The highest BCUT2D eigenvalue weighted by atomic mass is 32.2. The third-order valence-corrected chi connectivity index (χ3v) is 6.86. The fraction of sp³-hybridized carbons (Fsp3) is 0.304. The molecule has 1 aliphatic heterocycles. The third kappa shape index (κ3) is 3.84. The predicted molar refractivity (Wildman–Crippen MR) is 126 cm³/mol. The number of hydrogen-bond donors (Lipinski definition) is 0. The first-order chi connectivity index (χ1) is 16.1. The number of anilines is 1. The van der Waals surface area contributed by atoms with Gasteiger partial charge in [-0.05, 0) is 31.2 Å². The van der Waals surface area contributed by atoms with Gasteiger partial charge in [-0.1, -0.05) is 36.0 Å². The van der Waals surface area contributed by atoms with Gasteiger partial charge in [0.15, 0.2) is 5.16 Å². The van der Waals surface area contributed by atoms with Crippen LogP contribution in [0, 0.1) is 5.82 Å². The van der Waals surface area contributed by atoms with Crippen LogP contribution in [0.25, 0.3) is 16.7 Å². The molecule has 1 aliphatic rings. The van der Waals surface area contributed by atoms with E-state index in [-0.39, 0.29) is 23.0 Å². The van der Waals surface area contributed by atoms with Crippen LogP contribution >= 0.6 is 11.8 Å². The zero-order valence-electron chi connectivity index (χ0n) is 18.1. The minimum absolute atomic E-state index is 0.00180. The van der Waals surface area contributed by atoms with Crippen molar-refractivity contribution in [2.75, 3.05) is 36.8 Å². The number of rotatable bonds is 5. The number of aryl methyl sites for hydroxylation is 1. The SMILES string of the molecule is CCn1c(=O)c2ccccc2n2c(SCC(=O)N3CCN(c4ccccc4F)CC3)nnc12. The molecule has 1 saturated heterocycles. The lowest BCUT2D eigenvalue weighted by Gasteiger charge is -2.36. The van der Waals surface area contributed by atoms with E-state index >= 15 is 0 Å². The molecule has 8 nitrogen and oxygen atoms in total. The molecule has 2 aromatic carbocycles. The molecule has 0 aliphatic carbocycles. The molecule has 1 fully saturated rings. The summed E-state index contributed by atoms with van der Waals surface area (Å²) in [5.74, 6) is 0.428. The van der Waals surface area contributed by atoms with Crippen molar-refractivity contribution in [2.24, 2.45) is 0 Å². The number of halogens is 1. The van der Waals surface area contributed by atoms with Crippen molar-refractivity contribution < 1.29 is 9.18 Å². The molecule has 1 amide bonds. The molecule has 33 heavy (non-hydrogen) atoms. The normalized spacial score (nSPS) is 14.4. The molecule has 0 bridgehead atoms. The zero-order valence-corrected chi connectivity index (χ0v) is 19.0. The van der Waals surface area contributed by atoms with Crippen LogP contribution in [0.2, 0.25) is 0 Å². The van der Waals surface area contributed by atoms with Crippen LogP contribution in [-0.2, 0) is 11.3 Å². The summed E-state index contributed by atoms with van der Waals surface area (Å²) in [6, 6.07) is 14.1. The van der Waals surface area contributed by atoms with Crippen LogP contribution in [0.15, 0.2) is 58.5 Å². The Labute approximate surface area is 193 Å². The van der Waals surface area contributed by atoms with Gasteiger partial charge in [-0.25, -0.2) is 4.39 Å². The number of carbonyl (C=O) groups excluding carboxylic acids is 1. The van der Waals surface area contributed by atoms with Gasteiger partial charge < -0.3 is 9.80 Å². The highest BCUT2D eigenvalue weighted by molar-refractivity contribution is 7.99. The molecule has 0 unspecified atom stereocenters. The average Bonchev–Trinajstić information content (AvgIpc) is 3.27. The molecule has 5 rings (SSSR count). The Morgan fingerprint density at radius 3 is 2.52 bits per heavy atom. The molecule has 3 heterocycles. The number of para-hydroxylation sites is 2. The van der Waals surface area contributed by atoms with E-state index in [9.17, 15) is 14.0 Å². The Bertz CT molecular complexity index is 1390. The monoisotopic (exact) mass is 466 g/mol. The van der Waals surface area contributed by atoms with Crippen LogP contribution in [0.1, 0.15) is 6.92 Å². The maximum atomic E-state index is 14.1. The van der Waals surface area contributed by atoms with Crippen LogP contribution in [0.4, 0.5) is 10.1 Å². The zero-order chi connectivity index (χ0) is 22.9. The number of thioether (sulfide) groups is 1. The summed E-state index contributed by atoms with van der Waals surface area (Å²) in [5, 5.41) is 9.66. The number of amides is 1. The standard InChI is InChI=1S/C23H23FN6O2S/c1-2-29-21(32)16-7-3-5-9-18(16)30-22(29)25-26-23(30)33-15-20(31)28-13-11-27(12-14-28)19-10-6-4-8-17(19)24/h3-10H,2,11-15H2,1H3. The van der Waals surface area contributed by atoms with Crippen molar-refractivity contribution in [3.05, 3.63) is 64.7 Å². The van der Waals surface area contributed by atoms with E-state index < -0.39 is 0 Å². The summed E-state index contributed by atoms with van der Waals surface area (Å²) in [7, 11) is 0. The molecule has 0 radical (unpaired) electrons. The van der Waals surface area contributed by atoms with Gasteiger partial charge in [0.2, 0.25) is 11.7 Å². The van der Waals surface area contributed by atoms with Crippen LogP contribution in [0.3, 0.4) is 0 Å². The van der Waals surface area contributed by atoms with E-state index in [4.69, 9.17) is 0 Å². The van der Waals surface area contributed by atoms with Crippen molar-refractivity contribution in [1.82, 2.24) is 24.1 Å². The number of nitrogens with zero attached hydrogens (tertiary/aromatic N) is 6. The number of aromatic nitrogens is 4. The van der Waals surface area contributed by atoms with Gasteiger partial charge in [0.1, 0.15) is 5.82 Å². The lowest BCUT2D eigenvalue weighted by molar-refractivity contribution is -0.128. The first kappa shape index (κ1) is 21.4. The Morgan fingerprint density at radius 2 is 1.76 bits per heavy atom. The maximum Gasteiger partial charge on any atom is 0.262 e. The number of hydrogen-bond acceptors (Lipinski definition) is 6. The first-order valence-corrected chi connectivity index (χ1v) is 11.8. The van der Waals surface area contributed by atoms with Crippen LogP contribution < -0.4 is 10.5 Å². The number of carbonyl (C=O) groups is 1. The topological polar surface area (TPSA) is 75.7 Å². The van der Waals surface area contributed by atoms with Crippen LogP contribution in [0.5, 0.6) is 0 Å². The van der Waals surface area contributed by atoms with Gasteiger partial charge in [-0.3, -0.25) is 18.6 Å². The maximum absolute atomic E-state index is 14.1. The van der Waals surface area contributed by atoms with Gasteiger partial charge in [0, 0.05) is 32.7 Å². The van der Waals surface area contributed by atoms with E-state index in [0.29, 0.717) is 54.7 Å². The number of fused-ring (bicyclic) bond motifs is 3. The van der Waals surface area contributed by atoms with Gasteiger partial charge in [-0.2, -0.15) is 0 Å². The molecule has 0 N–H and O–H groups in total. The first-order valence-electron chi connectivity index (χ1n) is 10.8. The average molecular weight is 467 g/mol. The van der Waals surface area contributed by atoms with E-state index in [1.807, 2.05) is 40.5 Å². The van der Waals surface area contributed by atoms with Gasteiger partial charge in [-0.15, -0.1) is 10.2 Å². The predicted octanol–water partition coefficient (Wildman–Crippen LogP) is 2.64. The number of benzene rings is 2. The quantitative estimate of drug-likeness (QED) is 0.421. The van der Waals surface area contributed by atoms with Crippen molar-refractivity contribution in [2.45, 2.75) is 18.6 Å². The number of piperazine rings is 1. The molecule has 0 atom stereocenters. The van der Waals surface area contributed by atoms with Crippen molar-refractivity contribution >= 4 is 40.0 Å². The summed E-state index contributed by atoms with van der Waals surface area (Å²) in [6.07, 6.45) is 0. The highest BCUT2D eigenvalue weighted by Crippen LogP contribution is 2.23. The molecule has 4 aromatic rings. The van der Waals surface area contributed by atoms with Crippen molar-refractivity contribution in [3.8, 4) is 0 Å². The summed E-state index contributed by atoms with van der Waals surface area (Å²) in [4.78, 5) is 29.4. The Morgan fingerprint density at radius 1 is 1.03 bits per heavy atom. The van der Waals surface area contributed by atoms with Crippen LogP contribution in [-0.4, -0.2) is 61.9 Å². The summed E-state index contributed by atoms with van der Waals surface area (Å²) in [6.45, 7) is 4.60. The van der Waals surface area contributed by atoms with Crippen molar-refractivity contribution in [3.63, 3.8) is 0 Å². The molecule has 2 aromatic heterocycles. The minimum Gasteiger partial charge on any atom is -0.366 e. The second-order valence-electron chi connectivity index (χ2n) is 7.79. The van der Waals surface area contributed by atoms with E-state index in [1.54, 1.807) is 27.7 Å². The van der Waals surface area contributed by atoms with Gasteiger partial charge in [0.05, 0.1) is 22.3 Å². The smallest absolute Gasteiger partial charge is 0.262 e. The largest absolute Gasteiger partial charge is 0.366 e. The van der Waals surface area contributed by atoms with E-state index in [2.05, 4.69) is 10.2 Å². The molecule has 170 valence electrons. The van der Waals surface area contributed by atoms with Gasteiger partial charge in [0.25, 0.3) is 5.56 Å². The van der Waals surface area contributed by atoms with Gasteiger partial charge >= 0.3 is 0 Å².